The first-order valence-corrected chi connectivity index (χ1v) is 9.06. The molecule has 3 aromatic carbocycles. The van der Waals surface area contributed by atoms with Crippen molar-refractivity contribution in [2.24, 2.45) is 0 Å². The van der Waals surface area contributed by atoms with E-state index in [4.69, 9.17) is 4.74 Å². The van der Waals surface area contributed by atoms with E-state index in [0.29, 0.717) is 12.1 Å². The second kappa shape index (κ2) is 9.92. The van der Waals surface area contributed by atoms with E-state index < -0.39 is 12.1 Å². The number of rotatable bonds is 7. The Balaban J connectivity index is 1.63. The zero-order chi connectivity index (χ0) is 19.6. The zero-order valence-corrected chi connectivity index (χ0v) is 15.4. The molecule has 28 heavy (non-hydrogen) atoms. The van der Waals surface area contributed by atoms with Gasteiger partial charge in [-0.05, 0) is 16.7 Å². The largest absolute Gasteiger partial charge is 0.445 e. The smallest absolute Gasteiger partial charge is 0.408 e. The lowest BCUT2D eigenvalue weighted by Gasteiger charge is -2.19. The van der Waals surface area contributed by atoms with Gasteiger partial charge in [0, 0.05) is 6.54 Å². The van der Waals surface area contributed by atoms with Crippen LogP contribution in [-0.2, 0) is 22.7 Å². The summed E-state index contributed by atoms with van der Waals surface area (Å²) in [7, 11) is 0. The molecule has 3 rings (SSSR count). The van der Waals surface area contributed by atoms with E-state index in [2.05, 4.69) is 10.6 Å². The van der Waals surface area contributed by atoms with E-state index in [1.54, 1.807) is 12.1 Å². The number of hydrogen-bond donors (Lipinski definition) is 2. The fourth-order valence-electron chi connectivity index (χ4n) is 2.72. The average molecular weight is 374 g/mol. The Morgan fingerprint density at radius 2 is 1.29 bits per heavy atom. The van der Waals surface area contributed by atoms with E-state index >= 15 is 0 Å². The van der Waals surface area contributed by atoms with Crippen molar-refractivity contribution in [2.75, 3.05) is 0 Å². The molecule has 0 saturated heterocycles. The molecule has 0 aliphatic carbocycles. The Morgan fingerprint density at radius 3 is 1.89 bits per heavy atom. The van der Waals surface area contributed by atoms with Gasteiger partial charge in [0.1, 0.15) is 12.6 Å². The lowest BCUT2D eigenvalue weighted by molar-refractivity contribution is -0.123. The first-order valence-electron chi connectivity index (χ1n) is 9.06. The van der Waals surface area contributed by atoms with Gasteiger partial charge in [0.25, 0.3) is 0 Å². The van der Waals surface area contributed by atoms with Crippen molar-refractivity contribution in [3.63, 3.8) is 0 Å². The van der Waals surface area contributed by atoms with Crippen LogP contribution in [0.4, 0.5) is 4.79 Å². The first kappa shape index (κ1) is 19.2. The van der Waals surface area contributed by atoms with E-state index in [-0.39, 0.29) is 12.5 Å². The van der Waals surface area contributed by atoms with Crippen LogP contribution in [0.2, 0.25) is 0 Å². The lowest BCUT2D eigenvalue weighted by atomic mass is 10.1. The minimum Gasteiger partial charge on any atom is -0.445 e. The molecular weight excluding hydrogens is 352 g/mol. The van der Waals surface area contributed by atoms with Crippen molar-refractivity contribution in [2.45, 2.75) is 19.2 Å². The second-order valence-electron chi connectivity index (χ2n) is 6.25. The van der Waals surface area contributed by atoms with E-state index in [9.17, 15) is 9.59 Å². The maximum atomic E-state index is 12.7. The van der Waals surface area contributed by atoms with Gasteiger partial charge in [0.2, 0.25) is 5.91 Å². The summed E-state index contributed by atoms with van der Waals surface area (Å²) in [6.45, 7) is 0.517. The number of alkyl carbamates (subject to hydrolysis) is 1. The number of hydrogen-bond acceptors (Lipinski definition) is 3. The normalized spacial score (nSPS) is 11.3. The highest BCUT2D eigenvalue weighted by molar-refractivity contribution is 5.86. The van der Waals surface area contributed by atoms with Crippen LogP contribution in [0.15, 0.2) is 91.0 Å². The Hall–Kier alpha value is -3.60. The predicted molar refractivity (Wildman–Crippen MR) is 107 cm³/mol. The van der Waals surface area contributed by atoms with Crippen molar-refractivity contribution >= 4 is 12.0 Å². The summed E-state index contributed by atoms with van der Waals surface area (Å²) in [6, 6.07) is 27.2. The Bertz CT molecular complexity index is 883. The topological polar surface area (TPSA) is 67.4 Å². The van der Waals surface area contributed by atoms with Crippen molar-refractivity contribution < 1.29 is 14.3 Å². The molecule has 0 aliphatic rings. The quantitative estimate of drug-likeness (QED) is 0.658. The van der Waals surface area contributed by atoms with Crippen LogP contribution in [-0.4, -0.2) is 12.0 Å². The maximum absolute atomic E-state index is 12.7. The number of carbonyl (C=O) groups excluding carboxylic acids is 2. The molecule has 2 N–H and O–H groups in total. The fourth-order valence-corrected chi connectivity index (χ4v) is 2.72. The number of benzene rings is 3. The second-order valence-corrected chi connectivity index (χ2v) is 6.25. The summed E-state index contributed by atoms with van der Waals surface area (Å²) in [4.78, 5) is 25.0. The van der Waals surface area contributed by atoms with Gasteiger partial charge in [0.15, 0.2) is 0 Å². The molecule has 0 fully saturated rings. The highest BCUT2D eigenvalue weighted by Gasteiger charge is 2.23. The molecule has 3 aromatic rings. The third-order valence-electron chi connectivity index (χ3n) is 4.18. The molecule has 2 amide bonds. The van der Waals surface area contributed by atoms with Gasteiger partial charge in [-0.25, -0.2) is 4.79 Å². The molecular formula is C23H22N2O3. The number of carbonyl (C=O) groups is 2. The van der Waals surface area contributed by atoms with Gasteiger partial charge in [0.05, 0.1) is 0 Å². The van der Waals surface area contributed by atoms with Crippen molar-refractivity contribution in [1.29, 1.82) is 0 Å². The van der Waals surface area contributed by atoms with Gasteiger partial charge < -0.3 is 15.4 Å². The summed E-state index contributed by atoms with van der Waals surface area (Å²) >= 11 is 0. The lowest BCUT2D eigenvalue weighted by Crippen LogP contribution is -2.40. The van der Waals surface area contributed by atoms with Gasteiger partial charge in [-0.2, -0.15) is 0 Å². The monoisotopic (exact) mass is 374 g/mol. The Labute approximate surface area is 164 Å². The molecule has 0 heterocycles. The van der Waals surface area contributed by atoms with Crippen molar-refractivity contribution in [3.8, 4) is 0 Å². The van der Waals surface area contributed by atoms with Crippen LogP contribution in [0.1, 0.15) is 22.7 Å². The summed E-state index contributed by atoms with van der Waals surface area (Å²) in [5.41, 5.74) is 2.54. The molecule has 0 aromatic heterocycles. The molecule has 0 bridgehead atoms. The number of nitrogens with one attached hydrogen (secondary N) is 2. The first-order chi connectivity index (χ1) is 13.7. The van der Waals surface area contributed by atoms with Crippen LogP contribution in [0.25, 0.3) is 0 Å². The standard InChI is InChI=1S/C23H22N2O3/c26-22(24-16-18-10-4-1-5-11-18)21(20-14-8-3-9-15-20)25-23(27)28-17-19-12-6-2-7-13-19/h1-15,21H,16-17H2,(H,24,26)(H,25,27)/t21-/m1/s1. The molecule has 0 saturated carbocycles. The van der Waals surface area contributed by atoms with Crippen LogP contribution < -0.4 is 10.6 Å². The zero-order valence-electron chi connectivity index (χ0n) is 15.4. The van der Waals surface area contributed by atoms with Crippen LogP contribution in [0.5, 0.6) is 0 Å². The Morgan fingerprint density at radius 1 is 0.750 bits per heavy atom. The highest BCUT2D eigenvalue weighted by atomic mass is 16.5. The molecule has 0 aliphatic heterocycles. The minimum absolute atomic E-state index is 0.139. The van der Waals surface area contributed by atoms with E-state index in [1.165, 1.54) is 0 Å². The molecule has 0 unspecified atom stereocenters. The van der Waals surface area contributed by atoms with Crippen molar-refractivity contribution in [1.82, 2.24) is 10.6 Å². The summed E-state index contributed by atoms with van der Waals surface area (Å²) < 4.78 is 5.26. The van der Waals surface area contributed by atoms with Crippen molar-refractivity contribution in [3.05, 3.63) is 108 Å². The van der Waals surface area contributed by atoms with Gasteiger partial charge in [-0.3, -0.25) is 4.79 Å². The molecule has 1 atom stereocenters. The van der Waals surface area contributed by atoms with Crippen LogP contribution >= 0.6 is 0 Å². The summed E-state index contributed by atoms with van der Waals surface area (Å²) in [5.74, 6) is -0.299. The van der Waals surface area contributed by atoms with E-state index in [1.807, 2.05) is 78.9 Å². The van der Waals surface area contributed by atoms with Crippen LogP contribution in [0, 0.1) is 0 Å². The maximum Gasteiger partial charge on any atom is 0.408 e. The fraction of sp³-hybridized carbons (Fsp3) is 0.130. The molecule has 0 spiro atoms. The highest BCUT2D eigenvalue weighted by Crippen LogP contribution is 2.14. The third-order valence-corrected chi connectivity index (χ3v) is 4.18. The summed E-state index contributed by atoms with van der Waals surface area (Å²) in [5, 5.41) is 5.53. The average Bonchev–Trinajstić information content (AvgIpc) is 2.76. The predicted octanol–water partition coefficient (Wildman–Crippen LogP) is 3.97. The van der Waals surface area contributed by atoms with Gasteiger partial charge in [-0.15, -0.1) is 0 Å². The van der Waals surface area contributed by atoms with Crippen LogP contribution in [0.3, 0.4) is 0 Å². The molecule has 0 radical (unpaired) electrons. The summed E-state index contributed by atoms with van der Waals surface area (Å²) in [6.07, 6.45) is -0.646. The van der Waals surface area contributed by atoms with Gasteiger partial charge in [-0.1, -0.05) is 91.0 Å². The Kier molecular flexibility index (Phi) is 6.79. The van der Waals surface area contributed by atoms with Gasteiger partial charge >= 0.3 is 6.09 Å². The molecule has 5 heteroatoms. The molecule has 142 valence electrons. The number of ether oxygens (including phenoxy) is 1. The third kappa shape index (κ3) is 5.71. The molecule has 5 nitrogen and oxygen atoms in total. The minimum atomic E-state index is -0.840. The number of amides is 2. The SMILES string of the molecule is O=C(N[C@@H](C(=O)NCc1ccccc1)c1ccccc1)OCc1ccccc1. The van der Waals surface area contributed by atoms with E-state index in [0.717, 1.165) is 11.1 Å².